The first kappa shape index (κ1) is 18.1. The number of nitrogens with one attached hydrogen (secondary N) is 3. The number of hydrogen-bond acceptors (Lipinski definition) is 5. The largest absolute Gasteiger partial charge is 0.388 e. The third kappa shape index (κ3) is 3.61. The highest BCUT2D eigenvalue weighted by Gasteiger charge is 2.31. The number of piperidine rings is 2. The minimum atomic E-state index is -0.596. The molecule has 1 aromatic rings. The fraction of sp³-hybridized carbons (Fsp3) is 0.474. The van der Waals surface area contributed by atoms with Crippen LogP contribution in [0.15, 0.2) is 18.2 Å². The average Bonchev–Trinajstić information content (AvgIpc) is 2.67. The van der Waals surface area contributed by atoms with Crippen LogP contribution in [0.5, 0.6) is 0 Å². The van der Waals surface area contributed by atoms with Crippen molar-refractivity contribution in [1.29, 1.82) is 5.41 Å². The first-order valence-electron chi connectivity index (χ1n) is 8.97. The standard InChI is InChI=1S/C19H24N4O3/c1-21-16-10-13(12-6-8-23(11-24)9-7-12)2-3-14(16)18(20)15-4-5-17(25)22-19(15)26/h2-3,10-12,15,20-21H,4-9H2,1H3,(H,22,25,26). The molecule has 1 atom stereocenters. The van der Waals surface area contributed by atoms with Crippen LogP contribution in [0.25, 0.3) is 0 Å². The Morgan fingerprint density at radius 2 is 2.00 bits per heavy atom. The van der Waals surface area contributed by atoms with Crippen LogP contribution in [-0.4, -0.2) is 49.0 Å². The van der Waals surface area contributed by atoms with Crippen molar-refractivity contribution in [2.24, 2.45) is 5.92 Å². The van der Waals surface area contributed by atoms with Crippen molar-refractivity contribution < 1.29 is 14.4 Å². The van der Waals surface area contributed by atoms with E-state index >= 15 is 0 Å². The Morgan fingerprint density at radius 3 is 2.62 bits per heavy atom. The van der Waals surface area contributed by atoms with Gasteiger partial charge in [0.15, 0.2) is 0 Å². The fourth-order valence-corrected chi connectivity index (χ4v) is 3.75. The van der Waals surface area contributed by atoms with E-state index in [1.807, 2.05) is 18.2 Å². The van der Waals surface area contributed by atoms with Gasteiger partial charge in [0.25, 0.3) is 0 Å². The van der Waals surface area contributed by atoms with Gasteiger partial charge in [-0.05, 0) is 36.8 Å². The highest BCUT2D eigenvalue weighted by molar-refractivity contribution is 6.17. The summed E-state index contributed by atoms with van der Waals surface area (Å²) in [4.78, 5) is 36.0. The highest BCUT2D eigenvalue weighted by Crippen LogP contribution is 2.32. The molecular weight excluding hydrogens is 332 g/mol. The van der Waals surface area contributed by atoms with Gasteiger partial charge in [-0.2, -0.15) is 0 Å². The molecule has 7 heteroatoms. The van der Waals surface area contributed by atoms with Crippen molar-refractivity contribution in [3.05, 3.63) is 29.3 Å². The molecule has 0 spiro atoms. The molecule has 3 rings (SSSR count). The molecule has 0 saturated carbocycles. The molecule has 26 heavy (non-hydrogen) atoms. The van der Waals surface area contributed by atoms with Crippen molar-refractivity contribution in [3.63, 3.8) is 0 Å². The van der Waals surface area contributed by atoms with E-state index in [0.717, 1.165) is 38.0 Å². The third-order valence-electron chi connectivity index (χ3n) is 5.34. The van der Waals surface area contributed by atoms with E-state index in [0.29, 0.717) is 17.9 Å². The van der Waals surface area contributed by atoms with Gasteiger partial charge in [-0.25, -0.2) is 0 Å². The van der Waals surface area contributed by atoms with Crippen molar-refractivity contribution in [2.75, 3.05) is 25.5 Å². The number of nitrogens with zero attached hydrogens (tertiary/aromatic N) is 1. The van der Waals surface area contributed by atoms with Crippen molar-refractivity contribution >= 4 is 29.6 Å². The number of likely N-dealkylation sites (tertiary alicyclic amines) is 1. The van der Waals surface area contributed by atoms with Gasteiger partial charge in [0.2, 0.25) is 18.2 Å². The maximum absolute atomic E-state index is 12.1. The second kappa shape index (κ2) is 7.68. The summed E-state index contributed by atoms with van der Waals surface area (Å²) in [5.41, 5.74) is 2.92. The number of anilines is 1. The Hall–Kier alpha value is -2.70. The zero-order chi connectivity index (χ0) is 18.7. The quantitative estimate of drug-likeness (QED) is 0.422. The first-order valence-corrected chi connectivity index (χ1v) is 8.97. The summed E-state index contributed by atoms with van der Waals surface area (Å²) in [7, 11) is 1.80. The number of carbonyl (C=O) groups is 3. The molecule has 2 aliphatic heterocycles. The Balaban J connectivity index is 1.78. The molecular formula is C19H24N4O3. The summed E-state index contributed by atoms with van der Waals surface area (Å²) in [6.45, 7) is 1.52. The molecule has 3 N–H and O–H groups in total. The SMILES string of the molecule is CNc1cc(C2CCN(C=O)CC2)ccc1C(=N)C1CCC(=O)NC1=O. The minimum Gasteiger partial charge on any atom is -0.388 e. The number of benzene rings is 1. The van der Waals surface area contributed by atoms with E-state index in [2.05, 4.69) is 10.6 Å². The third-order valence-corrected chi connectivity index (χ3v) is 5.34. The molecule has 2 aliphatic rings. The second-order valence-electron chi connectivity index (χ2n) is 6.89. The first-order chi connectivity index (χ1) is 12.5. The van der Waals surface area contributed by atoms with E-state index in [-0.39, 0.29) is 18.0 Å². The van der Waals surface area contributed by atoms with E-state index in [9.17, 15) is 14.4 Å². The van der Waals surface area contributed by atoms with Crippen LogP contribution in [0.3, 0.4) is 0 Å². The number of carbonyl (C=O) groups excluding carboxylic acids is 3. The normalized spacial score (nSPS) is 21.3. The van der Waals surface area contributed by atoms with Crippen LogP contribution in [0.1, 0.15) is 42.7 Å². The maximum atomic E-state index is 12.1. The van der Waals surface area contributed by atoms with Crippen molar-refractivity contribution in [2.45, 2.75) is 31.6 Å². The van der Waals surface area contributed by atoms with Crippen LogP contribution in [0, 0.1) is 11.3 Å². The van der Waals surface area contributed by atoms with Gasteiger partial charge in [0.05, 0.1) is 11.6 Å². The molecule has 7 nitrogen and oxygen atoms in total. The molecule has 3 amide bonds. The Kier molecular flexibility index (Phi) is 5.35. The van der Waals surface area contributed by atoms with Crippen LogP contribution >= 0.6 is 0 Å². The molecule has 2 heterocycles. The molecule has 0 radical (unpaired) electrons. The lowest BCUT2D eigenvalue weighted by molar-refractivity contribution is -0.134. The summed E-state index contributed by atoms with van der Waals surface area (Å²) in [6.07, 6.45) is 3.39. The summed E-state index contributed by atoms with van der Waals surface area (Å²) in [5.74, 6) is -0.873. The Labute approximate surface area is 152 Å². The summed E-state index contributed by atoms with van der Waals surface area (Å²) >= 11 is 0. The number of hydrogen-bond donors (Lipinski definition) is 3. The predicted octanol–water partition coefficient (Wildman–Crippen LogP) is 1.48. The zero-order valence-electron chi connectivity index (χ0n) is 14.9. The van der Waals surface area contributed by atoms with Gasteiger partial charge in [-0.1, -0.05) is 12.1 Å². The zero-order valence-corrected chi connectivity index (χ0v) is 14.9. The van der Waals surface area contributed by atoms with Crippen LogP contribution in [0.4, 0.5) is 5.69 Å². The lowest BCUT2D eigenvalue weighted by Gasteiger charge is -2.30. The van der Waals surface area contributed by atoms with Gasteiger partial charge in [-0.3, -0.25) is 19.7 Å². The summed E-state index contributed by atoms with van der Waals surface area (Å²) in [5, 5.41) is 13.9. The lowest BCUT2D eigenvalue weighted by Crippen LogP contribution is -2.44. The van der Waals surface area contributed by atoms with E-state index in [1.165, 1.54) is 5.56 Å². The second-order valence-corrected chi connectivity index (χ2v) is 6.89. The van der Waals surface area contributed by atoms with E-state index in [4.69, 9.17) is 5.41 Å². The highest BCUT2D eigenvalue weighted by atomic mass is 16.2. The number of imide groups is 1. The smallest absolute Gasteiger partial charge is 0.235 e. The molecule has 2 saturated heterocycles. The monoisotopic (exact) mass is 356 g/mol. The molecule has 0 aliphatic carbocycles. The molecule has 138 valence electrons. The van der Waals surface area contributed by atoms with Gasteiger partial charge >= 0.3 is 0 Å². The molecule has 1 unspecified atom stereocenters. The lowest BCUT2D eigenvalue weighted by atomic mass is 9.85. The average molecular weight is 356 g/mol. The maximum Gasteiger partial charge on any atom is 0.235 e. The van der Waals surface area contributed by atoms with E-state index < -0.39 is 11.8 Å². The Bertz CT molecular complexity index is 738. The van der Waals surface area contributed by atoms with E-state index in [1.54, 1.807) is 11.9 Å². The van der Waals surface area contributed by atoms with Gasteiger partial charge < -0.3 is 15.6 Å². The number of amides is 3. The van der Waals surface area contributed by atoms with Gasteiger partial charge in [-0.15, -0.1) is 0 Å². The summed E-state index contributed by atoms with van der Waals surface area (Å²) in [6, 6.07) is 5.94. The fourth-order valence-electron chi connectivity index (χ4n) is 3.75. The number of rotatable bonds is 5. The van der Waals surface area contributed by atoms with Crippen LogP contribution < -0.4 is 10.6 Å². The van der Waals surface area contributed by atoms with Gasteiger partial charge in [0, 0.05) is 37.8 Å². The van der Waals surface area contributed by atoms with Crippen molar-refractivity contribution in [1.82, 2.24) is 10.2 Å². The minimum absolute atomic E-state index is 0.238. The van der Waals surface area contributed by atoms with Crippen molar-refractivity contribution in [3.8, 4) is 0 Å². The molecule has 1 aromatic carbocycles. The molecule has 2 fully saturated rings. The molecule has 0 bridgehead atoms. The molecule has 0 aromatic heterocycles. The topological polar surface area (TPSA) is 102 Å². The van der Waals surface area contributed by atoms with Gasteiger partial charge in [0.1, 0.15) is 0 Å². The van der Waals surface area contributed by atoms with Crippen LogP contribution in [0.2, 0.25) is 0 Å². The Morgan fingerprint density at radius 1 is 1.27 bits per heavy atom. The summed E-state index contributed by atoms with van der Waals surface area (Å²) < 4.78 is 0. The van der Waals surface area contributed by atoms with Crippen LogP contribution in [-0.2, 0) is 14.4 Å². The predicted molar refractivity (Wildman–Crippen MR) is 98.3 cm³/mol.